The van der Waals surface area contributed by atoms with Crippen LogP contribution in [0.3, 0.4) is 0 Å². The summed E-state index contributed by atoms with van der Waals surface area (Å²) in [5.41, 5.74) is -1.19. The number of ether oxygens (including phenoxy) is 2. The molecule has 3 nitrogen and oxygen atoms in total. The summed E-state index contributed by atoms with van der Waals surface area (Å²) in [5, 5.41) is 0. The smallest absolute Gasteiger partial charge is 0.305 e. The van der Waals surface area contributed by atoms with E-state index in [4.69, 9.17) is 9.47 Å². The minimum absolute atomic E-state index is 0.129. The average Bonchev–Trinajstić information content (AvgIpc) is 2.20. The monoisotopic (exact) mass is 190 g/mol. The molecule has 0 saturated carbocycles. The van der Waals surface area contributed by atoms with Crippen LogP contribution >= 0.6 is 0 Å². The highest BCUT2D eigenvalue weighted by molar-refractivity contribution is 5.68. The molecule has 0 aromatic heterocycles. The van der Waals surface area contributed by atoms with Gasteiger partial charge in [0, 0.05) is 13.5 Å². The van der Waals surface area contributed by atoms with E-state index in [1.807, 2.05) is 0 Å². The first-order valence-corrected chi connectivity index (χ1v) is 4.04. The molecule has 0 radical (unpaired) electrons. The minimum Gasteiger partial charge on any atom is -0.462 e. The third kappa shape index (κ3) is 3.55. The third-order valence-electron chi connectivity index (χ3n) is 1.77. The Bertz CT molecular complexity index is 176. The summed E-state index contributed by atoms with van der Waals surface area (Å²) in [6.45, 7) is 4.20. The van der Waals surface area contributed by atoms with Crippen LogP contribution < -0.4 is 0 Å². The molecular weight excluding hydrogens is 175 g/mol. The van der Waals surface area contributed by atoms with Crippen LogP contribution in [0.15, 0.2) is 12.7 Å². The van der Waals surface area contributed by atoms with E-state index in [1.54, 1.807) is 6.92 Å². The van der Waals surface area contributed by atoms with Gasteiger partial charge >= 0.3 is 5.97 Å². The van der Waals surface area contributed by atoms with Gasteiger partial charge in [-0.15, -0.1) is 6.58 Å². The maximum Gasteiger partial charge on any atom is 0.305 e. The quantitative estimate of drug-likeness (QED) is 0.470. The number of esters is 1. The van der Waals surface area contributed by atoms with E-state index in [1.165, 1.54) is 13.2 Å². The van der Waals surface area contributed by atoms with Crippen molar-refractivity contribution in [2.24, 2.45) is 0 Å². The van der Waals surface area contributed by atoms with Gasteiger partial charge in [-0.05, 0) is 0 Å². The molecular formula is C9H15FO3. The van der Waals surface area contributed by atoms with Crippen molar-refractivity contribution in [1.82, 2.24) is 0 Å². The lowest BCUT2D eigenvalue weighted by molar-refractivity contribution is -0.150. The van der Waals surface area contributed by atoms with Crippen LogP contribution in [0.1, 0.15) is 13.3 Å². The SMILES string of the molecule is C=C[C@](CF)(COC(=O)CC)OC. The van der Waals surface area contributed by atoms with Gasteiger partial charge in [0.05, 0.1) is 0 Å². The number of alkyl halides is 1. The van der Waals surface area contributed by atoms with Gasteiger partial charge in [0.15, 0.2) is 0 Å². The molecule has 76 valence electrons. The van der Waals surface area contributed by atoms with E-state index in [-0.39, 0.29) is 19.0 Å². The molecule has 0 fully saturated rings. The highest BCUT2D eigenvalue weighted by Crippen LogP contribution is 2.13. The molecule has 0 unspecified atom stereocenters. The third-order valence-corrected chi connectivity index (χ3v) is 1.77. The molecule has 0 bridgehead atoms. The van der Waals surface area contributed by atoms with Crippen molar-refractivity contribution in [2.75, 3.05) is 20.4 Å². The number of hydrogen-bond donors (Lipinski definition) is 0. The van der Waals surface area contributed by atoms with Crippen molar-refractivity contribution in [2.45, 2.75) is 18.9 Å². The number of carbonyl (C=O) groups is 1. The second-order valence-corrected chi connectivity index (χ2v) is 2.62. The molecule has 0 amide bonds. The predicted octanol–water partition coefficient (Wildman–Crippen LogP) is 1.48. The van der Waals surface area contributed by atoms with E-state index in [2.05, 4.69) is 6.58 Å². The molecule has 13 heavy (non-hydrogen) atoms. The molecule has 0 aliphatic carbocycles. The number of carbonyl (C=O) groups excluding carboxylic acids is 1. The van der Waals surface area contributed by atoms with E-state index in [0.29, 0.717) is 0 Å². The fourth-order valence-electron chi connectivity index (χ4n) is 0.654. The Labute approximate surface area is 77.5 Å². The van der Waals surface area contributed by atoms with Crippen LogP contribution in [0.25, 0.3) is 0 Å². The van der Waals surface area contributed by atoms with Crippen molar-refractivity contribution in [1.29, 1.82) is 0 Å². The number of rotatable bonds is 6. The van der Waals surface area contributed by atoms with Crippen LogP contribution in [0.5, 0.6) is 0 Å². The lowest BCUT2D eigenvalue weighted by Gasteiger charge is -2.24. The Kier molecular flexibility index (Phi) is 5.30. The van der Waals surface area contributed by atoms with E-state index < -0.39 is 12.3 Å². The van der Waals surface area contributed by atoms with Crippen LogP contribution in [-0.2, 0) is 14.3 Å². The van der Waals surface area contributed by atoms with Gasteiger partial charge in [-0.3, -0.25) is 4.79 Å². The fraction of sp³-hybridized carbons (Fsp3) is 0.667. The van der Waals surface area contributed by atoms with Crippen molar-refractivity contribution < 1.29 is 18.7 Å². The van der Waals surface area contributed by atoms with E-state index in [0.717, 1.165) is 0 Å². The zero-order valence-electron chi connectivity index (χ0n) is 8.01. The summed E-state index contributed by atoms with van der Waals surface area (Å²) >= 11 is 0. The predicted molar refractivity (Wildman–Crippen MR) is 47.2 cm³/mol. The summed E-state index contributed by atoms with van der Waals surface area (Å²) in [4.78, 5) is 10.8. The number of hydrogen-bond acceptors (Lipinski definition) is 3. The van der Waals surface area contributed by atoms with Crippen LogP contribution in [0.2, 0.25) is 0 Å². The molecule has 0 saturated heterocycles. The van der Waals surface area contributed by atoms with Crippen LogP contribution in [0.4, 0.5) is 4.39 Å². The molecule has 0 heterocycles. The molecule has 0 aliphatic rings. The first-order chi connectivity index (χ1) is 6.14. The summed E-state index contributed by atoms with van der Waals surface area (Å²) in [6.07, 6.45) is 1.57. The average molecular weight is 190 g/mol. The molecule has 0 aliphatic heterocycles. The maximum atomic E-state index is 12.5. The molecule has 0 rings (SSSR count). The molecule has 0 aromatic rings. The van der Waals surface area contributed by atoms with E-state index >= 15 is 0 Å². The van der Waals surface area contributed by atoms with Gasteiger partial charge in [0.1, 0.15) is 18.9 Å². The Morgan fingerprint density at radius 2 is 2.31 bits per heavy atom. The lowest BCUT2D eigenvalue weighted by atomic mass is 10.1. The first kappa shape index (κ1) is 12.1. The van der Waals surface area contributed by atoms with Crippen LogP contribution in [-0.4, -0.2) is 32.0 Å². The summed E-state index contributed by atoms with van der Waals surface area (Å²) in [5.74, 6) is -0.378. The van der Waals surface area contributed by atoms with Gasteiger partial charge in [-0.1, -0.05) is 13.0 Å². The number of halogens is 1. The van der Waals surface area contributed by atoms with Gasteiger partial charge in [0.2, 0.25) is 0 Å². The Morgan fingerprint density at radius 3 is 2.62 bits per heavy atom. The Hall–Kier alpha value is -0.900. The van der Waals surface area contributed by atoms with Crippen LogP contribution in [0, 0.1) is 0 Å². The fourth-order valence-corrected chi connectivity index (χ4v) is 0.654. The molecule has 0 N–H and O–H groups in total. The van der Waals surface area contributed by atoms with Crippen molar-refractivity contribution in [3.63, 3.8) is 0 Å². The lowest BCUT2D eigenvalue weighted by Crippen LogP contribution is -2.37. The summed E-state index contributed by atoms with van der Waals surface area (Å²) in [6, 6.07) is 0. The maximum absolute atomic E-state index is 12.5. The molecule has 0 spiro atoms. The summed E-state index contributed by atoms with van der Waals surface area (Å²) in [7, 11) is 1.35. The zero-order chi connectivity index (χ0) is 10.3. The van der Waals surface area contributed by atoms with Crippen molar-refractivity contribution in [3.8, 4) is 0 Å². The second-order valence-electron chi connectivity index (χ2n) is 2.62. The molecule has 1 atom stereocenters. The Balaban J connectivity index is 4.10. The van der Waals surface area contributed by atoms with Gasteiger partial charge in [0.25, 0.3) is 0 Å². The molecule has 0 aromatic carbocycles. The van der Waals surface area contributed by atoms with Gasteiger partial charge in [-0.25, -0.2) is 4.39 Å². The van der Waals surface area contributed by atoms with Gasteiger partial charge < -0.3 is 9.47 Å². The topological polar surface area (TPSA) is 35.5 Å². The Morgan fingerprint density at radius 1 is 1.69 bits per heavy atom. The number of methoxy groups -OCH3 is 1. The second kappa shape index (κ2) is 5.70. The largest absolute Gasteiger partial charge is 0.462 e. The van der Waals surface area contributed by atoms with Crippen molar-refractivity contribution >= 4 is 5.97 Å². The minimum atomic E-state index is -1.19. The highest BCUT2D eigenvalue weighted by Gasteiger charge is 2.27. The summed E-state index contributed by atoms with van der Waals surface area (Å²) < 4.78 is 22.1. The molecule has 4 heteroatoms. The van der Waals surface area contributed by atoms with Gasteiger partial charge in [-0.2, -0.15) is 0 Å². The highest BCUT2D eigenvalue weighted by atomic mass is 19.1. The zero-order valence-corrected chi connectivity index (χ0v) is 8.01. The normalized spacial score (nSPS) is 14.7. The first-order valence-electron chi connectivity index (χ1n) is 4.04. The van der Waals surface area contributed by atoms with E-state index in [9.17, 15) is 9.18 Å². The standard InChI is InChI=1S/C9H15FO3/c1-4-8(11)13-7-9(5-2,6-10)12-3/h5H,2,4,6-7H2,1,3H3/t9-/m0/s1. The van der Waals surface area contributed by atoms with Crippen molar-refractivity contribution in [3.05, 3.63) is 12.7 Å².